The van der Waals surface area contributed by atoms with Crippen LogP contribution in [0.5, 0.6) is 0 Å². The van der Waals surface area contributed by atoms with Crippen molar-refractivity contribution in [1.29, 1.82) is 0 Å². The topological polar surface area (TPSA) is 49.9 Å². The molecular weight excluding hydrogens is 707 g/mol. The Morgan fingerprint density at radius 1 is 0.466 bits per heavy atom. The summed E-state index contributed by atoms with van der Waals surface area (Å²) in [7, 11) is 0. The fraction of sp³-hybridized carbons (Fsp3) is 0.0370. The number of amidine groups is 2. The van der Waals surface area contributed by atoms with E-state index in [1.807, 2.05) is 24.3 Å². The largest absolute Gasteiger partial charge is 0.455 e. The van der Waals surface area contributed by atoms with E-state index in [1.54, 1.807) is 0 Å². The van der Waals surface area contributed by atoms with Gasteiger partial charge in [0.05, 0.1) is 11.0 Å². The van der Waals surface area contributed by atoms with Crippen LogP contribution < -0.4 is 5.32 Å². The highest BCUT2D eigenvalue weighted by atomic mass is 16.3. The van der Waals surface area contributed by atoms with Crippen LogP contribution in [0.3, 0.4) is 0 Å². The molecule has 9 aromatic carbocycles. The zero-order valence-electron chi connectivity index (χ0n) is 31.3. The number of fused-ring (bicyclic) bond motifs is 10. The summed E-state index contributed by atoms with van der Waals surface area (Å²) < 4.78 is 6.45. The van der Waals surface area contributed by atoms with Crippen molar-refractivity contribution in [2.24, 2.45) is 9.98 Å². The first-order valence-corrected chi connectivity index (χ1v) is 19.9. The molecule has 0 amide bonds. The molecule has 1 aromatic heterocycles. The number of hydrogen-bond donors (Lipinski definition) is 1. The number of nitrogens with one attached hydrogen (secondary N) is 1. The molecule has 1 unspecified atom stereocenters. The lowest BCUT2D eigenvalue weighted by Crippen LogP contribution is -2.33. The van der Waals surface area contributed by atoms with Gasteiger partial charge < -0.3 is 9.73 Å². The van der Waals surface area contributed by atoms with Crippen LogP contribution in [-0.2, 0) is 5.41 Å². The summed E-state index contributed by atoms with van der Waals surface area (Å²) in [5, 5.41) is 11.1. The Morgan fingerprint density at radius 3 is 1.90 bits per heavy atom. The van der Waals surface area contributed by atoms with E-state index in [0.29, 0.717) is 5.84 Å². The summed E-state index contributed by atoms with van der Waals surface area (Å²) in [4.78, 5) is 10.4. The second-order valence-corrected chi connectivity index (χ2v) is 15.7. The molecule has 270 valence electrons. The predicted molar refractivity (Wildman–Crippen MR) is 237 cm³/mol. The maximum absolute atomic E-state index is 6.45. The smallest absolute Gasteiger partial charge is 0.163 e. The number of benzene rings is 9. The van der Waals surface area contributed by atoms with Gasteiger partial charge in [0.2, 0.25) is 0 Å². The Labute approximate surface area is 334 Å². The van der Waals surface area contributed by atoms with E-state index in [-0.39, 0.29) is 6.17 Å². The van der Waals surface area contributed by atoms with Crippen LogP contribution in [0.2, 0.25) is 0 Å². The molecule has 0 bridgehead atoms. The molecule has 10 aromatic rings. The van der Waals surface area contributed by atoms with E-state index in [1.165, 1.54) is 60.5 Å². The first kappa shape index (κ1) is 31.6. The fourth-order valence-corrected chi connectivity index (χ4v) is 10.2. The molecule has 3 aliphatic rings. The van der Waals surface area contributed by atoms with Gasteiger partial charge in [-0.3, -0.25) is 0 Å². The van der Waals surface area contributed by atoms with Crippen LogP contribution in [0.4, 0.5) is 0 Å². The van der Waals surface area contributed by atoms with E-state index in [4.69, 9.17) is 14.4 Å². The van der Waals surface area contributed by atoms with Crippen molar-refractivity contribution in [1.82, 2.24) is 5.32 Å². The van der Waals surface area contributed by atoms with Crippen molar-refractivity contribution in [3.63, 3.8) is 0 Å². The summed E-state index contributed by atoms with van der Waals surface area (Å²) in [5.41, 5.74) is 14.6. The van der Waals surface area contributed by atoms with Crippen LogP contribution >= 0.6 is 0 Å². The van der Waals surface area contributed by atoms with Gasteiger partial charge >= 0.3 is 0 Å². The second-order valence-electron chi connectivity index (χ2n) is 15.7. The quantitative estimate of drug-likeness (QED) is 0.183. The van der Waals surface area contributed by atoms with Crippen molar-refractivity contribution in [2.45, 2.75) is 11.6 Å². The van der Waals surface area contributed by atoms with Gasteiger partial charge in [-0.1, -0.05) is 170 Å². The van der Waals surface area contributed by atoms with Gasteiger partial charge in [-0.25, -0.2) is 9.98 Å². The molecule has 1 N–H and O–H groups in total. The molecule has 1 spiro atoms. The molecular formula is C54H33N3O. The van der Waals surface area contributed by atoms with E-state index < -0.39 is 5.41 Å². The maximum atomic E-state index is 6.45. The van der Waals surface area contributed by atoms with E-state index in [0.717, 1.165) is 50.0 Å². The minimum absolute atomic E-state index is 0.318. The lowest BCUT2D eigenvalue weighted by molar-refractivity contribution is 0.663. The van der Waals surface area contributed by atoms with Crippen molar-refractivity contribution in [2.75, 3.05) is 0 Å². The van der Waals surface area contributed by atoms with Gasteiger partial charge in [0.25, 0.3) is 0 Å². The third kappa shape index (κ3) is 4.24. The Balaban J connectivity index is 0.934. The maximum Gasteiger partial charge on any atom is 0.163 e. The normalized spacial score (nSPS) is 15.9. The lowest BCUT2D eigenvalue weighted by Gasteiger charge is -2.31. The Morgan fingerprint density at radius 2 is 1.09 bits per heavy atom. The highest BCUT2D eigenvalue weighted by Crippen LogP contribution is 2.62. The van der Waals surface area contributed by atoms with Gasteiger partial charge in [0, 0.05) is 16.3 Å². The monoisotopic (exact) mass is 739 g/mol. The van der Waals surface area contributed by atoms with Crippen molar-refractivity contribution < 1.29 is 4.42 Å². The first-order chi connectivity index (χ1) is 28.7. The fourth-order valence-electron chi connectivity index (χ4n) is 10.2. The molecule has 0 saturated carbocycles. The molecule has 4 heteroatoms. The predicted octanol–water partition coefficient (Wildman–Crippen LogP) is 12.7. The van der Waals surface area contributed by atoms with Gasteiger partial charge in [-0.2, -0.15) is 0 Å². The molecule has 4 nitrogen and oxygen atoms in total. The van der Waals surface area contributed by atoms with Crippen LogP contribution in [0.15, 0.2) is 202 Å². The van der Waals surface area contributed by atoms with Crippen LogP contribution in [0.25, 0.3) is 65.7 Å². The summed E-state index contributed by atoms with van der Waals surface area (Å²) in [6.45, 7) is 0. The summed E-state index contributed by atoms with van der Waals surface area (Å²) in [5.74, 6) is 1.41. The van der Waals surface area contributed by atoms with Crippen molar-refractivity contribution >= 4 is 55.2 Å². The van der Waals surface area contributed by atoms with E-state index >= 15 is 0 Å². The van der Waals surface area contributed by atoms with Crippen molar-refractivity contribution in [3.05, 3.63) is 227 Å². The average molecular weight is 740 g/mol. The van der Waals surface area contributed by atoms with E-state index in [2.05, 4.69) is 169 Å². The Hall–Kier alpha value is -7.56. The zero-order valence-corrected chi connectivity index (χ0v) is 31.3. The van der Waals surface area contributed by atoms with Crippen LogP contribution in [-0.4, -0.2) is 11.7 Å². The molecule has 1 aliphatic heterocycles. The third-order valence-corrected chi connectivity index (χ3v) is 12.7. The Kier molecular flexibility index (Phi) is 6.40. The minimum atomic E-state index is -0.393. The number of para-hydroxylation sites is 2. The standard InChI is InChI=1S/C54H33N3O/c1-2-11-35(12-3-1)51-55-52(57-53(56-51)42-18-10-17-41-40-16-5-7-22-47(40)58-50(41)42)36-27-23-32(24-28-36)37-29-30-39-38-15-4-6-19-43(38)54(46(39)31-37)44-20-8-13-33-25-26-34-14-9-21-45(54)49(34)48(33)44/h1-31,51H,(H,55,56,57). The average Bonchev–Trinajstić information content (AvgIpc) is 3.93. The summed E-state index contributed by atoms with van der Waals surface area (Å²) >= 11 is 0. The molecule has 1 atom stereocenters. The van der Waals surface area contributed by atoms with Crippen LogP contribution in [0, 0.1) is 0 Å². The molecule has 2 heterocycles. The van der Waals surface area contributed by atoms with Crippen LogP contribution in [0.1, 0.15) is 45.1 Å². The van der Waals surface area contributed by atoms with E-state index in [9.17, 15) is 0 Å². The number of rotatable bonds is 4. The number of hydrogen-bond acceptors (Lipinski definition) is 4. The van der Waals surface area contributed by atoms with Gasteiger partial charge in [-0.15, -0.1) is 0 Å². The van der Waals surface area contributed by atoms with Crippen molar-refractivity contribution in [3.8, 4) is 22.3 Å². The second kappa shape index (κ2) is 11.7. The lowest BCUT2D eigenvalue weighted by atomic mass is 9.70. The molecule has 0 saturated heterocycles. The molecule has 58 heavy (non-hydrogen) atoms. The molecule has 0 radical (unpaired) electrons. The third-order valence-electron chi connectivity index (χ3n) is 12.7. The first-order valence-electron chi connectivity index (χ1n) is 19.9. The Bertz CT molecular complexity index is 3370. The summed E-state index contributed by atoms with van der Waals surface area (Å²) in [6, 6.07) is 67.9. The minimum Gasteiger partial charge on any atom is -0.455 e. The number of furan rings is 1. The molecule has 13 rings (SSSR count). The molecule has 2 aliphatic carbocycles. The van der Waals surface area contributed by atoms with Gasteiger partial charge in [-0.05, 0) is 89.8 Å². The number of aliphatic imine (C=N–C) groups is 2. The highest BCUT2D eigenvalue weighted by molar-refractivity contribution is 6.20. The van der Waals surface area contributed by atoms with Gasteiger partial charge in [0.15, 0.2) is 5.84 Å². The zero-order chi connectivity index (χ0) is 38.0. The number of nitrogens with zero attached hydrogens (tertiary/aromatic N) is 2. The van der Waals surface area contributed by atoms with Gasteiger partial charge in [0.1, 0.15) is 23.2 Å². The molecule has 0 fully saturated rings. The highest BCUT2D eigenvalue weighted by Gasteiger charge is 2.50. The SMILES string of the molecule is c1ccc(C2N=C(c3cccc4c3oc3ccccc34)N=C(c3ccc(-c4ccc5c(c4)C4(c6ccccc6-5)c5cccc6ccc7cccc4c7c56)cc3)N2)cc1. The summed E-state index contributed by atoms with van der Waals surface area (Å²) in [6.07, 6.45) is -0.318.